The van der Waals surface area contributed by atoms with Gasteiger partial charge in [0.25, 0.3) is 5.56 Å². The largest absolute Gasteiger partial charge is 0.352 e. The first kappa shape index (κ1) is 15.6. The summed E-state index contributed by atoms with van der Waals surface area (Å²) in [6.07, 6.45) is 7.32. The van der Waals surface area contributed by atoms with E-state index in [4.69, 9.17) is 0 Å². The van der Waals surface area contributed by atoms with Gasteiger partial charge < -0.3 is 5.32 Å². The summed E-state index contributed by atoms with van der Waals surface area (Å²) in [7, 11) is 0. The predicted octanol–water partition coefficient (Wildman–Crippen LogP) is 1.64. The average Bonchev–Trinajstić information content (AvgIpc) is 3.28. The summed E-state index contributed by atoms with van der Waals surface area (Å²) >= 11 is 0. The maximum atomic E-state index is 12.6. The predicted molar refractivity (Wildman–Crippen MR) is 93.5 cm³/mol. The van der Waals surface area contributed by atoms with Crippen molar-refractivity contribution in [2.24, 2.45) is 0 Å². The number of para-hydroxylation sites is 1. The van der Waals surface area contributed by atoms with Gasteiger partial charge in [-0.05, 0) is 25.0 Å². The second-order valence-corrected chi connectivity index (χ2v) is 6.35. The Labute approximate surface area is 144 Å². The molecule has 25 heavy (non-hydrogen) atoms. The molecule has 0 aliphatic heterocycles. The normalized spacial score (nSPS) is 14.9. The smallest absolute Gasteiger partial charge is 0.282 e. The topological polar surface area (TPSA) is 81.8 Å². The number of aromatic nitrogens is 4. The van der Waals surface area contributed by atoms with E-state index in [0.29, 0.717) is 5.65 Å². The molecule has 0 bridgehead atoms. The van der Waals surface area contributed by atoms with Crippen LogP contribution in [0.5, 0.6) is 0 Å². The summed E-state index contributed by atoms with van der Waals surface area (Å²) < 4.78 is 3.08. The number of nitrogens with zero attached hydrogens (tertiary/aromatic N) is 4. The van der Waals surface area contributed by atoms with Gasteiger partial charge in [-0.15, -0.1) is 0 Å². The van der Waals surface area contributed by atoms with Crippen LogP contribution >= 0.6 is 0 Å². The maximum absolute atomic E-state index is 12.6. The minimum Gasteiger partial charge on any atom is -0.352 e. The Hall–Kier alpha value is -2.96. The molecule has 1 fully saturated rings. The van der Waals surface area contributed by atoms with E-state index >= 15 is 0 Å². The van der Waals surface area contributed by atoms with E-state index in [1.807, 2.05) is 30.3 Å². The first-order chi connectivity index (χ1) is 12.2. The zero-order valence-electron chi connectivity index (χ0n) is 13.8. The Morgan fingerprint density at radius 2 is 1.88 bits per heavy atom. The summed E-state index contributed by atoms with van der Waals surface area (Å²) in [5, 5.41) is 2.98. The SMILES string of the molecule is O=C(Cn1cnc2c(ncn2-c2ccccc2)c1=O)NC1CCCC1. The fourth-order valence-corrected chi connectivity index (χ4v) is 3.32. The van der Waals surface area contributed by atoms with Crippen molar-refractivity contribution < 1.29 is 4.79 Å². The molecule has 0 radical (unpaired) electrons. The van der Waals surface area contributed by atoms with E-state index in [1.54, 1.807) is 10.9 Å². The van der Waals surface area contributed by atoms with Crippen LogP contribution in [0, 0.1) is 0 Å². The molecule has 0 spiro atoms. The molecule has 1 N–H and O–H groups in total. The molecule has 2 aromatic heterocycles. The lowest BCUT2D eigenvalue weighted by molar-refractivity contribution is -0.122. The van der Waals surface area contributed by atoms with Crippen LogP contribution in [0.15, 0.2) is 47.8 Å². The van der Waals surface area contributed by atoms with Gasteiger partial charge in [0, 0.05) is 11.7 Å². The summed E-state index contributed by atoms with van der Waals surface area (Å²) in [5.41, 5.74) is 1.33. The number of benzene rings is 1. The van der Waals surface area contributed by atoms with E-state index in [-0.39, 0.29) is 29.6 Å². The molecule has 0 unspecified atom stereocenters. The van der Waals surface area contributed by atoms with Gasteiger partial charge in [0.05, 0.1) is 0 Å². The third-order valence-electron chi connectivity index (χ3n) is 4.59. The Balaban J connectivity index is 1.60. The lowest BCUT2D eigenvalue weighted by Crippen LogP contribution is -2.37. The van der Waals surface area contributed by atoms with Crippen LogP contribution in [0.2, 0.25) is 0 Å². The van der Waals surface area contributed by atoms with Crippen molar-refractivity contribution in [2.45, 2.75) is 38.3 Å². The first-order valence-electron chi connectivity index (χ1n) is 8.49. The van der Waals surface area contributed by atoms with Crippen molar-refractivity contribution in [3.63, 3.8) is 0 Å². The number of rotatable bonds is 4. The Kier molecular flexibility index (Phi) is 4.05. The molecule has 1 aliphatic carbocycles. The van der Waals surface area contributed by atoms with Crippen LogP contribution in [0.1, 0.15) is 25.7 Å². The molecular weight excluding hydrogens is 318 g/mol. The molecule has 1 saturated carbocycles. The molecule has 7 heteroatoms. The van der Waals surface area contributed by atoms with Crippen molar-refractivity contribution in [1.82, 2.24) is 24.4 Å². The molecule has 7 nitrogen and oxygen atoms in total. The molecule has 1 aromatic carbocycles. The van der Waals surface area contributed by atoms with Gasteiger partial charge in [0.2, 0.25) is 5.91 Å². The lowest BCUT2D eigenvalue weighted by atomic mass is 10.2. The number of imidazole rings is 1. The van der Waals surface area contributed by atoms with Gasteiger partial charge in [-0.3, -0.25) is 18.7 Å². The summed E-state index contributed by atoms with van der Waals surface area (Å²) in [5.74, 6) is -0.155. The number of carbonyl (C=O) groups is 1. The number of hydrogen-bond donors (Lipinski definition) is 1. The van der Waals surface area contributed by atoms with Crippen LogP contribution in [0.4, 0.5) is 0 Å². The van der Waals surface area contributed by atoms with Crippen LogP contribution in [0.25, 0.3) is 16.9 Å². The van der Waals surface area contributed by atoms with E-state index in [0.717, 1.165) is 31.4 Å². The monoisotopic (exact) mass is 337 g/mol. The number of nitrogens with one attached hydrogen (secondary N) is 1. The standard InChI is InChI=1S/C18H19N5O2/c24-15(21-13-6-4-5-7-13)10-22-11-20-17-16(18(22)25)19-12-23(17)14-8-2-1-3-9-14/h1-3,8-9,11-13H,4-7,10H2,(H,21,24). The van der Waals surface area contributed by atoms with Crippen molar-refractivity contribution in [3.05, 3.63) is 53.3 Å². The van der Waals surface area contributed by atoms with Crippen LogP contribution in [-0.4, -0.2) is 31.1 Å². The maximum Gasteiger partial charge on any atom is 0.282 e. The number of amides is 1. The quantitative estimate of drug-likeness (QED) is 0.785. The van der Waals surface area contributed by atoms with Crippen molar-refractivity contribution in [1.29, 1.82) is 0 Å². The van der Waals surface area contributed by atoms with E-state index in [9.17, 15) is 9.59 Å². The van der Waals surface area contributed by atoms with Gasteiger partial charge >= 0.3 is 0 Å². The van der Waals surface area contributed by atoms with E-state index in [1.165, 1.54) is 10.9 Å². The van der Waals surface area contributed by atoms with E-state index in [2.05, 4.69) is 15.3 Å². The summed E-state index contributed by atoms with van der Waals surface area (Å²) in [6, 6.07) is 9.82. The summed E-state index contributed by atoms with van der Waals surface area (Å²) in [4.78, 5) is 33.3. The minimum absolute atomic E-state index is 0.0313. The highest BCUT2D eigenvalue weighted by atomic mass is 16.2. The molecule has 1 amide bonds. The fraction of sp³-hybridized carbons (Fsp3) is 0.333. The van der Waals surface area contributed by atoms with Gasteiger partial charge in [-0.2, -0.15) is 0 Å². The number of carbonyl (C=O) groups excluding carboxylic acids is 1. The second kappa shape index (κ2) is 6.51. The fourth-order valence-electron chi connectivity index (χ4n) is 3.32. The van der Waals surface area contributed by atoms with Crippen LogP contribution < -0.4 is 10.9 Å². The highest BCUT2D eigenvalue weighted by molar-refractivity contribution is 5.77. The second-order valence-electron chi connectivity index (χ2n) is 6.35. The lowest BCUT2D eigenvalue weighted by Gasteiger charge is -2.12. The third-order valence-corrected chi connectivity index (χ3v) is 4.59. The third kappa shape index (κ3) is 3.05. The van der Waals surface area contributed by atoms with Gasteiger partial charge in [0.15, 0.2) is 11.2 Å². The van der Waals surface area contributed by atoms with Gasteiger partial charge in [0.1, 0.15) is 19.2 Å². The van der Waals surface area contributed by atoms with Gasteiger partial charge in [-0.1, -0.05) is 31.0 Å². The van der Waals surface area contributed by atoms with Crippen molar-refractivity contribution in [2.75, 3.05) is 0 Å². The highest BCUT2D eigenvalue weighted by Crippen LogP contribution is 2.17. The zero-order chi connectivity index (χ0) is 17.2. The zero-order valence-corrected chi connectivity index (χ0v) is 13.8. The molecule has 2 heterocycles. The van der Waals surface area contributed by atoms with Crippen molar-refractivity contribution in [3.8, 4) is 5.69 Å². The minimum atomic E-state index is -0.304. The summed E-state index contributed by atoms with van der Waals surface area (Å²) in [6.45, 7) is -0.0313. The Bertz CT molecular complexity index is 955. The molecule has 3 aromatic rings. The van der Waals surface area contributed by atoms with E-state index < -0.39 is 0 Å². The van der Waals surface area contributed by atoms with Crippen molar-refractivity contribution >= 4 is 17.1 Å². The molecular formula is C18H19N5O2. The molecule has 0 atom stereocenters. The first-order valence-corrected chi connectivity index (χ1v) is 8.49. The Morgan fingerprint density at radius 1 is 1.12 bits per heavy atom. The number of fused-ring (bicyclic) bond motifs is 1. The molecule has 0 saturated heterocycles. The molecule has 4 rings (SSSR count). The Morgan fingerprint density at radius 3 is 2.64 bits per heavy atom. The highest BCUT2D eigenvalue weighted by Gasteiger charge is 2.18. The van der Waals surface area contributed by atoms with Crippen LogP contribution in [0.3, 0.4) is 0 Å². The molecule has 1 aliphatic rings. The number of hydrogen-bond acceptors (Lipinski definition) is 4. The van der Waals surface area contributed by atoms with Gasteiger partial charge in [-0.25, -0.2) is 9.97 Å². The van der Waals surface area contributed by atoms with Crippen LogP contribution in [-0.2, 0) is 11.3 Å². The average molecular weight is 337 g/mol. The molecule has 128 valence electrons.